The van der Waals surface area contributed by atoms with Crippen molar-refractivity contribution < 1.29 is 9.53 Å². The van der Waals surface area contributed by atoms with Crippen LogP contribution in [0, 0.1) is 0 Å². The third-order valence-corrected chi connectivity index (χ3v) is 5.13. The molecule has 0 spiro atoms. The summed E-state index contributed by atoms with van der Waals surface area (Å²) in [5.74, 6) is -0.150. The Morgan fingerprint density at radius 1 is 1.20 bits per heavy atom. The van der Waals surface area contributed by atoms with Crippen LogP contribution in [0.2, 0.25) is 0 Å². The summed E-state index contributed by atoms with van der Waals surface area (Å²) >= 11 is 7.00. The molecule has 20 heavy (non-hydrogen) atoms. The van der Waals surface area contributed by atoms with Gasteiger partial charge in [-0.2, -0.15) is 0 Å². The molecular weight excluding hydrogens is 386 g/mol. The van der Waals surface area contributed by atoms with Gasteiger partial charge in [0.1, 0.15) is 0 Å². The van der Waals surface area contributed by atoms with Crippen molar-refractivity contribution in [2.75, 3.05) is 19.7 Å². The third-order valence-electron chi connectivity index (χ3n) is 3.25. The van der Waals surface area contributed by atoms with E-state index in [9.17, 15) is 4.79 Å². The number of hydrogen-bond acceptors (Lipinski definition) is 3. The summed E-state index contributed by atoms with van der Waals surface area (Å²) in [7, 11) is 0. The number of esters is 1. The van der Waals surface area contributed by atoms with Gasteiger partial charge in [-0.1, -0.05) is 19.9 Å². The van der Waals surface area contributed by atoms with Crippen molar-refractivity contribution in [1.82, 2.24) is 4.90 Å². The van der Waals surface area contributed by atoms with E-state index in [4.69, 9.17) is 4.74 Å². The number of halogens is 2. The van der Waals surface area contributed by atoms with Crippen LogP contribution in [0.4, 0.5) is 0 Å². The lowest BCUT2D eigenvalue weighted by molar-refractivity contribution is -0.144. The molecule has 0 fully saturated rings. The molecule has 0 N–H and O–H groups in total. The maximum Gasteiger partial charge on any atom is 0.307 e. The SMILES string of the molecule is CCOC(=O)CC(c1ccc(Br)c(Br)c1)N(CC)CC. The Morgan fingerprint density at radius 2 is 1.85 bits per heavy atom. The van der Waals surface area contributed by atoms with Crippen molar-refractivity contribution >= 4 is 37.8 Å². The summed E-state index contributed by atoms with van der Waals surface area (Å²) in [4.78, 5) is 14.1. The van der Waals surface area contributed by atoms with Crippen molar-refractivity contribution in [3.05, 3.63) is 32.7 Å². The molecule has 0 aliphatic carbocycles. The van der Waals surface area contributed by atoms with Crippen LogP contribution < -0.4 is 0 Å². The summed E-state index contributed by atoms with van der Waals surface area (Å²) in [5.41, 5.74) is 1.12. The standard InChI is InChI=1S/C15H21Br2NO2/c1-4-18(5-2)14(10-15(19)20-6-3)11-7-8-12(16)13(17)9-11/h7-9,14H,4-6,10H2,1-3H3. The number of carbonyl (C=O) groups is 1. The summed E-state index contributed by atoms with van der Waals surface area (Å²) in [6, 6.07) is 6.16. The molecule has 0 amide bonds. The second kappa shape index (κ2) is 8.80. The molecule has 5 heteroatoms. The van der Waals surface area contributed by atoms with Crippen LogP contribution in [-0.4, -0.2) is 30.6 Å². The van der Waals surface area contributed by atoms with Gasteiger partial charge in [-0.3, -0.25) is 9.69 Å². The fourth-order valence-corrected chi connectivity index (χ4v) is 2.86. The molecule has 112 valence electrons. The van der Waals surface area contributed by atoms with Gasteiger partial charge in [-0.05, 0) is 69.6 Å². The van der Waals surface area contributed by atoms with Crippen LogP contribution in [-0.2, 0) is 9.53 Å². The zero-order valence-corrected chi connectivity index (χ0v) is 15.3. The average Bonchev–Trinajstić information content (AvgIpc) is 2.42. The molecule has 3 nitrogen and oxygen atoms in total. The second-order valence-corrected chi connectivity index (χ2v) is 6.13. The maximum absolute atomic E-state index is 11.8. The Morgan fingerprint density at radius 3 is 2.35 bits per heavy atom. The number of ether oxygens (including phenoxy) is 1. The minimum Gasteiger partial charge on any atom is -0.466 e. The molecule has 0 saturated carbocycles. The summed E-state index contributed by atoms with van der Waals surface area (Å²) in [6.07, 6.45) is 0.379. The molecular formula is C15H21Br2NO2. The molecule has 1 unspecified atom stereocenters. The Labute approximate surface area is 137 Å². The van der Waals surface area contributed by atoms with Gasteiger partial charge in [-0.15, -0.1) is 0 Å². The van der Waals surface area contributed by atoms with E-state index in [2.05, 4.69) is 62.7 Å². The van der Waals surface area contributed by atoms with Crippen LogP contribution >= 0.6 is 31.9 Å². The van der Waals surface area contributed by atoms with E-state index in [-0.39, 0.29) is 12.0 Å². The van der Waals surface area contributed by atoms with Crippen LogP contribution in [0.25, 0.3) is 0 Å². The highest BCUT2D eigenvalue weighted by Gasteiger charge is 2.22. The first-order valence-corrected chi connectivity index (χ1v) is 8.46. The van der Waals surface area contributed by atoms with E-state index in [0.717, 1.165) is 27.6 Å². The number of carbonyl (C=O) groups excluding carboxylic acids is 1. The number of rotatable bonds is 7. The first-order chi connectivity index (χ1) is 9.53. The van der Waals surface area contributed by atoms with Gasteiger partial charge in [0.25, 0.3) is 0 Å². The van der Waals surface area contributed by atoms with E-state index >= 15 is 0 Å². The average molecular weight is 407 g/mol. The Hall–Kier alpha value is -0.390. The molecule has 0 heterocycles. The lowest BCUT2D eigenvalue weighted by Crippen LogP contribution is -2.30. The van der Waals surface area contributed by atoms with Crippen molar-refractivity contribution in [1.29, 1.82) is 0 Å². The smallest absolute Gasteiger partial charge is 0.307 e. The highest BCUT2D eigenvalue weighted by atomic mass is 79.9. The van der Waals surface area contributed by atoms with Gasteiger partial charge in [-0.25, -0.2) is 0 Å². The van der Waals surface area contributed by atoms with E-state index < -0.39 is 0 Å². The quantitative estimate of drug-likeness (QED) is 0.622. The zero-order chi connectivity index (χ0) is 15.1. The second-order valence-electron chi connectivity index (χ2n) is 4.42. The van der Waals surface area contributed by atoms with E-state index in [1.54, 1.807) is 0 Å². The van der Waals surface area contributed by atoms with E-state index in [0.29, 0.717) is 13.0 Å². The molecule has 0 aromatic heterocycles. The van der Waals surface area contributed by atoms with Gasteiger partial charge < -0.3 is 4.74 Å². The Bertz CT molecular complexity index is 447. The monoisotopic (exact) mass is 405 g/mol. The summed E-state index contributed by atoms with van der Waals surface area (Å²) in [6.45, 7) is 8.27. The van der Waals surface area contributed by atoms with Crippen LogP contribution in [0.1, 0.15) is 38.8 Å². The summed E-state index contributed by atoms with van der Waals surface area (Å²) < 4.78 is 7.11. The predicted octanol–water partition coefficient (Wildman–Crippen LogP) is 4.55. The minimum absolute atomic E-state index is 0.0495. The highest BCUT2D eigenvalue weighted by Crippen LogP contribution is 2.30. The first-order valence-electron chi connectivity index (χ1n) is 6.88. The fourth-order valence-electron chi connectivity index (χ4n) is 2.22. The molecule has 1 aromatic rings. The van der Waals surface area contributed by atoms with E-state index in [1.807, 2.05) is 13.0 Å². The molecule has 0 bridgehead atoms. The van der Waals surface area contributed by atoms with Crippen molar-refractivity contribution in [3.8, 4) is 0 Å². The highest BCUT2D eigenvalue weighted by molar-refractivity contribution is 9.13. The lowest BCUT2D eigenvalue weighted by atomic mass is 10.0. The van der Waals surface area contributed by atoms with E-state index in [1.165, 1.54) is 0 Å². The number of nitrogens with zero attached hydrogens (tertiary/aromatic N) is 1. The molecule has 0 radical (unpaired) electrons. The number of benzene rings is 1. The zero-order valence-electron chi connectivity index (χ0n) is 12.2. The largest absolute Gasteiger partial charge is 0.466 e. The van der Waals surface area contributed by atoms with Gasteiger partial charge in [0.2, 0.25) is 0 Å². The summed E-state index contributed by atoms with van der Waals surface area (Å²) in [5, 5.41) is 0. The Kier molecular flexibility index (Phi) is 7.77. The van der Waals surface area contributed by atoms with Gasteiger partial charge >= 0.3 is 5.97 Å². The van der Waals surface area contributed by atoms with Gasteiger partial charge in [0.15, 0.2) is 0 Å². The molecule has 0 aliphatic heterocycles. The van der Waals surface area contributed by atoms with Crippen LogP contribution in [0.15, 0.2) is 27.1 Å². The van der Waals surface area contributed by atoms with Crippen molar-refractivity contribution in [2.45, 2.75) is 33.2 Å². The van der Waals surface area contributed by atoms with Crippen molar-refractivity contribution in [3.63, 3.8) is 0 Å². The lowest BCUT2D eigenvalue weighted by Gasteiger charge is -2.29. The molecule has 0 aliphatic rings. The normalized spacial score (nSPS) is 12.5. The molecule has 0 saturated heterocycles. The minimum atomic E-state index is -0.150. The maximum atomic E-state index is 11.8. The fraction of sp³-hybridized carbons (Fsp3) is 0.533. The van der Waals surface area contributed by atoms with Crippen molar-refractivity contribution in [2.24, 2.45) is 0 Å². The Balaban J connectivity index is 3.02. The molecule has 1 atom stereocenters. The van der Waals surface area contributed by atoms with Crippen LogP contribution in [0.3, 0.4) is 0 Å². The number of hydrogen-bond donors (Lipinski definition) is 0. The van der Waals surface area contributed by atoms with Gasteiger partial charge in [0, 0.05) is 15.0 Å². The topological polar surface area (TPSA) is 29.5 Å². The predicted molar refractivity (Wildman–Crippen MR) is 88.8 cm³/mol. The molecule has 1 rings (SSSR count). The van der Waals surface area contributed by atoms with Gasteiger partial charge in [0.05, 0.1) is 13.0 Å². The third kappa shape index (κ3) is 4.86. The van der Waals surface area contributed by atoms with Crippen LogP contribution in [0.5, 0.6) is 0 Å². The molecule has 1 aromatic carbocycles. The first kappa shape index (κ1) is 17.7.